The summed E-state index contributed by atoms with van der Waals surface area (Å²) in [6, 6.07) is 31.3. The molecule has 7 heteroatoms. The summed E-state index contributed by atoms with van der Waals surface area (Å²) >= 11 is 1.75. The second kappa shape index (κ2) is 9.11. The quantitative estimate of drug-likeness (QED) is 0.269. The fraction of sp³-hybridized carbons (Fsp3) is 0.129. The van der Waals surface area contributed by atoms with E-state index in [1.165, 1.54) is 10.4 Å². The Bertz CT molecular complexity index is 1680. The van der Waals surface area contributed by atoms with E-state index >= 15 is 0 Å². The van der Waals surface area contributed by atoms with Gasteiger partial charge in [-0.1, -0.05) is 55.5 Å². The molecule has 1 N–H and O–H groups in total. The first-order valence-corrected chi connectivity index (χ1v) is 13.7. The van der Waals surface area contributed by atoms with E-state index in [4.69, 9.17) is 15.1 Å². The van der Waals surface area contributed by atoms with Gasteiger partial charge in [-0.3, -0.25) is 0 Å². The number of para-hydroxylation sites is 3. The molecule has 0 unspecified atom stereocenters. The van der Waals surface area contributed by atoms with Gasteiger partial charge in [-0.2, -0.15) is 5.10 Å². The summed E-state index contributed by atoms with van der Waals surface area (Å²) in [4.78, 5) is 13.9. The topological polar surface area (TPSA) is 57.8 Å². The summed E-state index contributed by atoms with van der Waals surface area (Å²) in [5, 5.41) is 10.7. The Balaban J connectivity index is 1.46. The summed E-state index contributed by atoms with van der Waals surface area (Å²) < 4.78 is 1.96. The molecule has 0 saturated carbocycles. The van der Waals surface area contributed by atoms with Crippen LogP contribution in [0.1, 0.15) is 34.7 Å². The predicted octanol–water partition coefficient (Wildman–Crippen LogP) is 7.60. The third kappa shape index (κ3) is 3.66. The van der Waals surface area contributed by atoms with E-state index in [2.05, 4.69) is 96.2 Å². The first-order valence-electron chi connectivity index (χ1n) is 12.8. The smallest absolute Gasteiger partial charge is 0.179 e. The van der Waals surface area contributed by atoms with Crippen molar-refractivity contribution >= 4 is 45.9 Å². The van der Waals surface area contributed by atoms with Crippen LogP contribution < -0.4 is 10.2 Å². The molecule has 4 heterocycles. The normalized spacial score (nSPS) is 15.7. The van der Waals surface area contributed by atoms with Crippen LogP contribution in [0.15, 0.2) is 106 Å². The average molecular weight is 515 g/mol. The van der Waals surface area contributed by atoms with Crippen LogP contribution in [0.2, 0.25) is 0 Å². The SMILES string of the molecule is CCc1ccc(NC2=Nc3ccccc3N3C2=Nc2c(c(C)nn2-c2ccccc2)[C@H]3c2cccs2)cc1. The zero-order chi connectivity index (χ0) is 25.6. The molecule has 0 amide bonds. The van der Waals surface area contributed by atoms with Crippen molar-refractivity contribution < 1.29 is 0 Å². The number of thiophene rings is 1. The highest BCUT2D eigenvalue weighted by Gasteiger charge is 2.41. The molecule has 186 valence electrons. The molecule has 3 aromatic carbocycles. The zero-order valence-electron chi connectivity index (χ0n) is 21.2. The van der Waals surface area contributed by atoms with E-state index in [1.807, 2.05) is 28.9 Å². The molecule has 6 nitrogen and oxygen atoms in total. The van der Waals surface area contributed by atoms with E-state index in [0.717, 1.165) is 57.9 Å². The third-order valence-corrected chi connectivity index (χ3v) is 8.00. The van der Waals surface area contributed by atoms with E-state index < -0.39 is 0 Å². The van der Waals surface area contributed by atoms with Gasteiger partial charge in [0.15, 0.2) is 17.5 Å². The van der Waals surface area contributed by atoms with E-state index in [0.29, 0.717) is 0 Å². The number of benzene rings is 3. The van der Waals surface area contributed by atoms with Crippen LogP contribution in [0.25, 0.3) is 5.69 Å². The van der Waals surface area contributed by atoms with Gasteiger partial charge in [0.05, 0.1) is 22.8 Å². The lowest BCUT2D eigenvalue weighted by Gasteiger charge is -2.40. The van der Waals surface area contributed by atoms with Crippen molar-refractivity contribution in [2.24, 2.45) is 9.98 Å². The Morgan fingerprint density at radius 2 is 1.66 bits per heavy atom. The molecule has 0 aliphatic carbocycles. The van der Waals surface area contributed by atoms with Crippen LogP contribution in [-0.2, 0) is 6.42 Å². The number of aryl methyl sites for hydroxylation is 2. The Hall–Kier alpha value is -4.49. The second-order valence-corrected chi connectivity index (χ2v) is 10.4. The molecule has 0 radical (unpaired) electrons. The Kier molecular flexibility index (Phi) is 5.44. The highest BCUT2D eigenvalue weighted by Crippen LogP contribution is 2.49. The van der Waals surface area contributed by atoms with Crippen molar-refractivity contribution in [1.82, 2.24) is 9.78 Å². The molecule has 1 atom stereocenters. The summed E-state index contributed by atoms with van der Waals surface area (Å²) in [6.07, 6.45) is 1.00. The first kappa shape index (κ1) is 22.7. The van der Waals surface area contributed by atoms with Crippen molar-refractivity contribution in [2.75, 3.05) is 10.2 Å². The van der Waals surface area contributed by atoms with Crippen LogP contribution in [0.5, 0.6) is 0 Å². The Labute approximate surface area is 225 Å². The number of amidine groups is 2. The largest absolute Gasteiger partial charge is 0.337 e. The molecule has 0 saturated heterocycles. The maximum absolute atomic E-state index is 5.29. The van der Waals surface area contributed by atoms with Crippen molar-refractivity contribution in [3.05, 3.63) is 118 Å². The minimum atomic E-state index is -0.0779. The number of nitrogens with one attached hydrogen (secondary N) is 1. The zero-order valence-corrected chi connectivity index (χ0v) is 22.0. The molecular weight excluding hydrogens is 488 g/mol. The van der Waals surface area contributed by atoms with Gasteiger partial charge in [0.25, 0.3) is 0 Å². The van der Waals surface area contributed by atoms with Gasteiger partial charge < -0.3 is 10.2 Å². The predicted molar refractivity (Wildman–Crippen MR) is 157 cm³/mol. The standard InChI is InChI=1S/C31H26N6S/c1-3-21-15-17-22(18-16-21)32-29-31-34-30-27(20(2)35-37(30)23-10-5-4-6-11-23)28(26-14-9-19-38-26)36(31)25-13-8-7-12-24(25)33-29/h4-19,28H,3H2,1-2H3,(H,32,33)/t28-/m1/s1. The van der Waals surface area contributed by atoms with Crippen LogP contribution in [-0.4, -0.2) is 21.5 Å². The maximum Gasteiger partial charge on any atom is 0.179 e. The number of hydrogen-bond acceptors (Lipinski definition) is 6. The summed E-state index contributed by atoms with van der Waals surface area (Å²) in [5.41, 5.74) is 7.30. The molecule has 2 aliphatic heterocycles. The summed E-state index contributed by atoms with van der Waals surface area (Å²) in [6.45, 7) is 4.25. The molecule has 5 aromatic rings. The van der Waals surface area contributed by atoms with Crippen LogP contribution >= 0.6 is 11.3 Å². The van der Waals surface area contributed by atoms with E-state index in [-0.39, 0.29) is 6.04 Å². The lowest BCUT2D eigenvalue weighted by molar-refractivity contribution is 0.830. The molecule has 7 rings (SSSR count). The molecule has 2 aliphatic rings. The number of fused-ring (bicyclic) bond motifs is 4. The third-order valence-electron chi connectivity index (χ3n) is 7.08. The van der Waals surface area contributed by atoms with Crippen molar-refractivity contribution in [2.45, 2.75) is 26.3 Å². The molecule has 38 heavy (non-hydrogen) atoms. The van der Waals surface area contributed by atoms with Gasteiger partial charge in [0.2, 0.25) is 0 Å². The van der Waals surface area contributed by atoms with Gasteiger partial charge in [-0.05, 0) is 66.8 Å². The number of nitrogens with zero attached hydrogens (tertiary/aromatic N) is 5. The average Bonchev–Trinajstić information content (AvgIpc) is 3.61. The summed E-state index contributed by atoms with van der Waals surface area (Å²) in [7, 11) is 0. The fourth-order valence-electron chi connectivity index (χ4n) is 5.22. The number of aromatic nitrogens is 2. The fourth-order valence-corrected chi connectivity index (χ4v) is 6.05. The van der Waals surface area contributed by atoms with Crippen LogP contribution in [0, 0.1) is 6.92 Å². The minimum absolute atomic E-state index is 0.0779. The van der Waals surface area contributed by atoms with Gasteiger partial charge >= 0.3 is 0 Å². The number of anilines is 2. The van der Waals surface area contributed by atoms with Crippen LogP contribution in [0.4, 0.5) is 22.9 Å². The molecule has 2 aromatic heterocycles. The van der Waals surface area contributed by atoms with E-state index in [1.54, 1.807) is 11.3 Å². The Morgan fingerprint density at radius 3 is 2.42 bits per heavy atom. The maximum atomic E-state index is 5.29. The monoisotopic (exact) mass is 514 g/mol. The minimum Gasteiger partial charge on any atom is -0.337 e. The van der Waals surface area contributed by atoms with E-state index in [9.17, 15) is 0 Å². The van der Waals surface area contributed by atoms with Crippen LogP contribution in [0.3, 0.4) is 0 Å². The lowest BCUT2D eigenvalue weighted by atomic mass is 9.98. The summed E-state index contributed by atoms with van der Waals surface area (Å²) in [5.74, 6) is 2.35. The second-order valence-electron chi connectivity index (χ2n) is 9.42. The lowest BCUT2D eigenvalue weighted by Crippen LogP contribution is -2.46. The molecule has 0 spiro atoms. The highest BCUT2D eigenvalue weighted by atomic mass is 32.1. The molecular formula is C31H26N6S. The van der Waals surface area contributed by atoms with Gasteiger partial charge in [-0.15, -0.1) is 11.3 Å². The molecule has 0 bridgehead atoms. The number of hydrogen-bond donors (Lipinski definition) is 1. The Morgan fingerprint density at radius 1 is 0.868 bits per heavy atom. The van der Waals surface area contributed by atoms with Crippen molar-refractivity contribution in [3.63, 3.8) is 0 Å². The first-order chi connectivity index (χ1) is 18.7. The number of rotatable bonds is 4. The van der Waals surface area contributed by atoms with Gasteiger partial charge in [0.1, 0.15) is 6.04 Å². The van der Waals surface area contributed by atoms with Gasteiger partial charge in [-0.25, -0.2) is 14.7 Å². The molecule has 0 fully saturated rings. The van der Waals surface area contributed by atoms with Crippen molar-refractivity contribution in [1.29, 1.82) is 0 Å². The highest BCUT2D eigenvalue weighted by molar-refractivity contribution is 7.10. The van der Waals surface area contributed by atoms with Crippen molar-refractivity contribution in [3.8, 4) is 5.69 Å². The van der Waals surface area contributed by atoms with Gasteiger partial charge in [0, 0.05) is 16.1 Å². The number of aliphatic imine (C=N–C) groups is 2.